The lowest BCUT2D eigenvalue weighted by Gasteiger charge is -2.37. The van der Waals surface area contributed by atoms with E-state index in [0.29, 0.717) is 6.54 Å². The maximum Gasteiger partial charge on any atom is 0.243 e. The largest absolute Gasteiger partial charge is 0.469 e. The number of hydrogen-bond acceptors (Lipinski definition) is 4. The lowest BCUT2D eigenvalue weighted by molar-refractivity contribution is -0.127. The van der Waals surface area contributed by atoms with E-state index in [1.807, 2.05) is 12.1 Å². The molecule has 2 aromatic rings. The van der Waals surface area contributed by atoms with Crippen LogP contribution in [0.1, 0.15) is 5.76 Å². The third kappa shape index (κ3) is 6.89. The number of carbonyl (C=O) groups excluding carboxylic acids is 1. The van der Waals surface area contributed by atoms with Crippen molar-refractivity contribution in [1.29, 1.82) is 0 Å². The van der Waals surface area contributed by atoms with E-state index in [9.17, 15) is 9.18 Å². The number of aliphatic imine (C=N–C) groups is 1. The minimum Gasteiger partial charge on any atom is -0.469 e. The van der Waals surface area contributed by atoms with Crippen LogP contribution in [0.25, 0.3) is 0 Å². The predicted molar refractivity (Wildman–Crippen MR) is 127 cm³/mol. The average molecular weight is 529 g/mol. The van der Waals surface area contributed by atoms with Gasteiger partial charge < -0.3 is 24.4 Å². The van der Waals surface area contributed by atoms with Gasteiger partial charge in [-0.1, -0.05) is 0 Å². The molecule has 3 rings (SSSR count). The molecule has 7 nitrogen and oxygen atoms in total. The van der Waals surface area contributed by atoms with Crippen molar-refractivity contribution >= 4 is 41.5 Å². The lowest BCUT2D eigenvalue weighted by Crippen LogP contribution is -2.53. The van der Waals surface area contributed by atoms with Crippen LogP contribution >= 0.6 is 24.0 Å². The van der Waals surface area contributed by atoms with Gasteiger partial charge in [0.05, 0.1) is 6.26 Å². The molecule has 30 heavy (non-hydrogen) atoms. The Balaban J connectivity index is 0.00000320. The monoisotopic (exact) mass is 529 g/mol. The van der Waals surface area contributed by atoms with Crippen LogP contribution in [0.4, 0.5) is 10.1 Å². The lowest BCUT2D eigenvalue weighted by atomic mass is 10.2. The van der Waals surface area contributed by atoms with Crippen molar-refractivity contribution in [3.8, 4) is 0 Å². The van der Waals surface area contributed by atoms with Crippen molar-refractivity contribution < 1.29 is 13.6 Å². The van der Waals surface area contributed by atoms with E-state index in [4.69, 9.17) is 4.42 Å². The SMILES string of the molecule is CN(C)C(=O)CN=C(NCCc1ccco1)N1CCN(c2ccc(F)cc2)CC1.I. The number of nitrogens with zero attached hydrogens (tertiary/aromatic N) is 4. The first-order chi connectivity index (χ1) is 14.0. The van der Waals surface area contributed by atoms with Crippen LogP contribution in [0.5, 0.6) is 0 Å². The Morgan fingerprint density at radius 3 is 2.47 bits per heavy atom. The number of anilines is 1. The van der Waals surface area contributed by atoms with Gasteiger partial charge in [-0.3, -0.25) is 4.79 Å². The number of likely N-dealkylation sites (N-methyl/N-ethyl adjacent to an activating group) is 1. The third-order valence-corrected chi connectivity index (χ3v) is 4.87. The van der Waals surface area contributed by atoms with E-state index in [2.05, 4.69) is 20.1 Å². The highest BCUT2D eigenvalue weighted by atomic mass is 127. The number of piperazine rings is 1. The molecule has 164 valence electrons. The Morgan fingerprint density at radius 2 is 1.87 bits per heavy atom. The number of benzene rings is 1. The molecule has 1 aliphatic rings. The molecule has 0 radical (unpaired) electrons. The van der Waals surface area contributed by atoms with E-state index >= 15 is 0 Å². The predicted octanol–water partition coefficient (Wildman–Crippen LogP) is 2.44. The number of hydrogen-bond donors (Lipinski definition) is 1. The Hall–Kier alpha value is -2.30. The molecule has 1 saturated heterocycles. The maximum atomic E-state index is 13.2. The standard InChI is InChI=1S/C21H28FN5O2.HI/c1-25(2)20(28)16-24-21(23-10-9-19-4-3-15-29-19)27-13-11-26(12-14-27)18-7-5-17(22)6-8-18;/h3-8,15H,9-14,16H2,1-2H3,(H,23,24);1H. The summed E-state index contributed by atoms with van der Waals surface area (Å²) in [5, 5.41) is 3.36. The number of amides is 1. The van der Waals surface area contributed by atoms with Crippen molar-refractivity contribution in [2.75, 3.05) is 58.3 Å². The van der Waals surface area contributed by atoms with Gasteiger partial charge in [0.1, 0.15) is 18.1 Å². The van der Waals surface area contributed by atoms with Gasteiger partial charge in [0, 0.05) is 58.9 Å². The molecule has 9 heteroatoms. The van der Waals surface area contributed by atoms with Gasteiger partial charge in [-0.2, -0.15) is 0 Å². The van der Waals surface area contributed by atoms with Crippen LogP contribution in [0.15, 0.2) is 52.1 Å². The summed E-state index contributed by atoms with van der Waals surface area (Å²) in [6.07, 6.45) is 2.40. The molecule has 0 spiro atoms. The van der Waals surface area contributed by atoms with Crippen LogP contribution in [-0.4, -0.2) is 75.0 Å². The number of furan rings is 1. The molecule has 2 heterocycles. The molecule has 0 aliphatic carbocycles. The van der Waals surface area contributed by atoms with Gasteiger partial charge in [0.2, 0.25) is 5.91 Å². The minimum atomic E-state index is -0.229. The number of rotatable bonds is 6. The Morgan fingerprint density at radius 1 is 1.17 bits per heavy atom. The molecule has 0 saturated carbocycles. The van der Waals surface area contributed by atoms with E-state index in [1.165, 1.54) is 17.0 Å². The highest BCUT2D eigenvalue weighted by molar-refractivity contribution is 14.0. The molecule has 0 bridgehead atoms. The summed E-state index contributed by atoms with van der Waals surface area (Å²) in [5.74, 6) is 1.36. The second-order valence-electron chi connectivity index (χ2n) is 7.13. The Kier molecular flexibility index (Phi) is 9.41. The summed E-state index contributed by atoms with van der Waals surface area (Å²) in [5.41, 5.74) is 1.01. The Bertz CT molecular complexity index is 803. The molecule has 1 amide bonds. The zero-order valence-electron chi connectivity index (χ0n) is 17.4. The Labute approximate surface area is 193 Å². The maximum absolute atomic E-state index is 13.2. The summed E-state index contributed by atoms with van der Waals surface area (Å²) in [7, 11) is 3.45. The van der Waals surface area contributed by atoms with Crippen molar-refractivity contribution in [3.63, 3.8) is 0 Å². The summed E-state index contributed by atoms with van der Waals surface area (Å²) in [6, 6.07) is 10.4. The summed E-state index contributed by atoms with van der Waals surface area (Å²) in [4.78, 5) is 22.4. The fraction of sp³-hybridized carbons (Fsp3) is 0.429. The van der Waals surface area contributed by atoms with Crippen LogP contribution in [0.3, 0.4) is 0 Å². The van der Waals surface area contributed by atoms with Crippen molar-refractivity contribution in [2.24, 2.45) is 4.99 Å². The van der Waals surface area contributed by atoms with Gasteiger partial charge in [-0.15, -0.1) is 24.0 Å². The first-order valence-corrected chi connectivity index (χ1v) is 9.79. The van der Waals surface area contributed by atoms with Gasteiger partial charge in [0.25, 0.3) is 0 Å². The fourth-order valence-corrected chi connectivity index (χ4v) is 3.13. The zero-order valence-corrected chi connectivity index (χ0v) is 19.7. The topological polar surface area (TPSA) is 64.3 Å². The third-order valence-electron chi connectivity index (χ3n) is 4.87. The molecule has 1 aliphatic heterocycles. The van der Waals surface area contributed by atoms with Gasteiger partial charge >= 0.3 is 0 Å². The van der Waals surface area contributed by atoms with Crippen LogP contribution in [0.2, 0.25) is 0 Å². The summed E-state index contributed by atoms with van der Waals surface area (Å²) < 4.78 is 18.5. The van der Waals surface area contributed by atoms with E-state index in [0.717, 1.165) is 50.0 Å². The number of guanidine groups is 1. The average Bonchev–Trinajstić information content (AvgIpc) is 3.24. The first-order valence-electron chi connectivity index (χ1n) is 9.79. The van der Waals surface area contributed by atoms with Gasteiger partial charge in [0.15, 0.2) is 5.96 Å². The molecule has 1 N–H and O–H groups in total. The molecule has 0 unspecified atom stereocenters. The second-order valence-corrected chi connectivity index (χ2v) is 7.13. The zero-order chi connectivity index (χ0) is 20.6. The van der Waals surface area contributed by atoms with Crippen molar-refractivity contribution in [2.45, 2.75) is 6.42 Å². The number of nitrogens with one attached hydrogen (secondary N) is 1. The highest BCUT2D eigenvalue weighted by Gasteiger charge is 2.20. The molecule has 0 atom stereocenters. The molecular formula is C21H29FIN5O2. The molecule has 1 aromatic carbocycles. The van der Waals surface area contributed by atoms with Gasteiger partial charge in [-0.05, 0) is 36.4 Å². The summed E-state index contributed by atoms with van der Waals surface area (Å²) in [6.45, 7) is 3.90. The normalized spacial score (nSPS) is 14.3. The van der Waals surface area contributed by atoms with E-state index in [-0.39, 0.29) is 42.2 Å². The smallest absolute Gasteiger partial charge is 0.243 e. The first kappa shape index (κ1) is 24.0. The van der Waals surface area contributed by atoms with Crippen molar-refractivity contribution in [1.82, 2.24) is 15.1 Å². The minimum absolute atomic E-state index is 0. The quantitative estimate of drug-likeness (QED) is 0.354. The number of halogens is 2. The second kappa shape index (κ2) is 11.8. The van der Waals surface area contributed by atoms with Gasteiger partial charge in [-0.25, -0.2) is 9.38 Å². The van der Waals surface area contributed by atoms with Crippen LogP contribution in [-0.2, 0) is 11.2 Å². The van der Waals surface area contributed by atoms with E-state index in [1.54, 1.807) is 32.5 Å². The summed E-state index contributed by atoms with van der Waals surface area (Å²) >= 11 is 0. The molecule has 1 aromatic heterocycles. The molecular weight excluding hydrogens is 500 g/mol. The molecule has 1 fully saturated rings. The van der Waals surface area contributed by atoms with Crippen LogP contribution < -0.4 is 10.2 Å². The van der Waals surface area contributed by atoms with Crippen LogP contribution in [0, 0.1) is 5.82 Å². The van der Waals surface area contributed by atoms with Crippen molar-refractivity contribution in [3.05, 3.63) is 54.2 Å². The highest BCUT2D eigenvalue weighted by Crippen LogP contribution is 2.17. The van der Waals surface area contributed by atoms with E-state index < -0.39 is 0 Å². The number of carbonyl (C=O) groups is 1. The fourth-order valence-electron chi connectivity index (χ4n) is 3.13.